The van der Waals surface area contributed by atoms with Gasteiger partial charge in [0.05, 0.1) is 17.5 Å². The molecule has 1 aromatic carbocycles. The maximum atomic E-state index is 12.5. The average molecular weight is 373 g/mol. The Hall–Kier alpha value is -3.00. The predicted octanol–water partition coefficient (Wildman–Crippen LogP) is 3.19. The molecule has 0 unspecified atom stereocenters. The molecular weight excluding hydrogens is 356 g/mol. The van der Waals surface area contributed by atoms with Crippen molar-refractivity contribution in [3.8, 4) is 17.3 Å². The third-order valence-corrected chi connectivity index (χ3v) is 4.46. The summed E-state index contributed by atoms with van der Waals surface area (Å²) in [4.78, 5) is 21.9. The number of benzene rings is 1. The zero-order chi connectivity index (χ0) is 18.8. The van der Waals surface area contributed by atoms with E-state index >= 15 is 0 Å². The van der Waals surface area contributed by atoms with Crippen molar-refractivity contribution >= 4 is 0 Å². The average Bonchev–Trinajstić information content (AvgIpc) is 3.18. The minimum atomic E-state index is -2.83. The fraction of sp³-hybridized carbons (Fsp3) is 0.263. The molecule has 3 aromatic rings. The van der Waals surface area contributed by atoms with Gasteiger partial charge >= 0.3 is 6.61 Å². The van der Waals surface area contributed by atoms with Crippen LogP contribution < -0.4 is 10.3 Å². The monoisotopic (exact) mass is 373 g/mol. The molecule has 1 N–H and O–H groups in total. The zero-order valence-electron chi connectivity index (χ0n) is 14.3. The predicted molar refractivity (Wildman–Crippen MR) is 93.5 cm³/mol. The summed E-state index contributed by atoms with van der Waals surface area (Å²) in [5.74, 6) is 1.10. The number of nitrogens with zero attached hydrogens (tertiary/aromatic N) is 2. The zero-order valence-corrected chi connectivity index (χ0v) is 14.3. The summed E-state index contributed by atoms with van der Waals surface area (Å²) < 4.78 is 34.1. The number of H-pyrrole nitrogens is 1. The van der Waals surface area contributed by atoms with Gasteiger partial charge in [-0.2, -0.15) is 8.78 Å². The summed E-state index contributed by atoms with van der Waals surface area (Å²) in [6.45, 7) is -1.00. The van der Waals surface area contributed by atoms with Crippen molar-refractivity contribution in [3.05, 3.63) is 69.8 Å². The van der Waals surface area contributed by atoms with Crippen LogP contribution in [0.1, 0.15) is 16.8 Å². The Morgan fingerprint density at radius 2 is 2.07 bits per heavy atom. The number of aromatic nitrogens is 2. The summed E-state index contributed by atoms with van der Waals surface area (Å²) in [6.07, 6.45) is 2.19. The maximum absolute atomic E-state index is 12.5. The van der Waals surface area contributed by atoms with Crippen molar-refractivity contribution in [2.75, 3.05) is 6.54 Å². The Balaban J connectivity index is 1.48. The van der Waals surface area contributed by atoms with Crippen LogP contribution in [-0.2, 0) is 19.5 Å². The van der Waals surface area contributed by atoms with Crippen molar-refractivity contribution in [1.29, 1.82) is 0 Å². The molecule has 0 amide bonds. The lowest BCUT2D eigenvalue weighted by Crippen LogP contribution is -2.35. The molecule has 0 bridgehead atoms. The number of fused-ring (bicyclic) bond motifs is 1. The normalized spacial score (nSPS) is 14.3. The van der Waals surface area contributed by atoms with Gasteiger partial charge in [0.2, 0.25) is 0 Å². The molecule has 4 rings (SSSR count). The third kappa shape index (κ3) is 3.90. The summed E-state index contributed by atoms with van der Waals surface area (Å²) in [7, 11) is 0. The van der Waals surface area contributed by atoms with E-state index in [2.05, 4.69) is 19.6 Å². The molecule has 0 fully saturated rings. The van der Waals surface area contributed by atoms with Crippen LogP contribution in [-0.4, -0.2) is 28.0 Å². The molecule has 140 valence electrons. The summed E-state index contributed by atoms with van der Waals surface area (Å²) in [6, 6.07) is 10.0. The summed E-state index contributed by atoms with van der Waals surface area (Å²) in [5.41, 5.74) is 2.21. The molecule has 0 radical (unpaired) electrons. The second-order valence-corrected chi connectivity index (χ2v) is 6.30. The Bertz CT molecular complexity index is 969. The van der Waals surface area contributed by atoms with Crippen LogP contribution in [0, 0.1) is 0 Å². The largest absolute Gasteiger partial charge is 0.461 e. The molecule has 3 heterocycles. The Labute approximate surface area is 153 Å². The Morgan fingerprint density at radius 1 is 1.26 bits per heavy atom. The number of rotatable bonds is 5. The first-order valence-corrected chi connectivity index (χ1v) is 8.50. The lowest BCUT2D eigenvalue weighted by molar-refractivity contribution is -0.0498. The lowest BCUT2D eigenvalue weighted by atomic mass is 10.1. The van der Waals surface area contributed by atoms with Gasteiger partial charge in [-0.05, 0) is 29.8 Å². The van der Waals surface area contributed by atoms with E-state index in [1.165, 1.54) is 18.4 Å². The minimum Gasteiger partial charge on any atom is -0.461 e. The first kappa shape index (κ1) is 17.4. The van der Waals surface area contributed by atoms with Crippen molar-refractivity contribution < 1.29 is 17.9 Å². The fourth-order valence-electron chi connectivity index (χ4n) is 3.18. The van der Waals surface area contributed by atoms with Gasteiger partial charge < -0.3 is 14.1 Å². The van der Waals surface area contributed by atoms with Crippen LogP contribution in [0.15, 0.2) is 51.9 Å². The van der Waals surface area contributed by atoms with Gasteiger partial charge in [0.25, 0.3) is 5.56 Å². The summed E-state index contributed by atoms with van der Waals surface area (Å²) >= 11 is 0. The summed E-state index contributed by atoms with van der Waals surface area (Å²) in [5, 5.41) is 0. The van der Waals surface area contributed by atoms with Crippen LogP contribution in [0.25, 0.3) is 11.6 Å². The topological polar surface area (TPSA) is 71.4 Å². The van der Waals surface area contributed by atoms with Crippen molar-refractivity contribution in [1.82, 2.24) is 14.9 Å². The van der Waals surface area contributed by atoms with Crippen LogP contribution in [0.2, 0.25) is 0 Å². The number of halogens is 2. The number of hydrogen-bond acceptors (Lipinski definition) is 5. The molecule has 8 heteroatoms. The van der Waals surface area contributed by atoms with Crippen molar-refractivity contribution in [3.63, 3.8) is 0 Å². The third-order valence-electron chi connectivity index (χ3n) is 4.46. The number of aromatic amines is 1. The van der Waals surface area contributed by atoms with Gasteiger partial charge in [-0.3, -0.25) is 9.69 Å². The fourth-order valence-corrected chi connectivity index (χ4v) is 3.18. The highest BCUT2D eigenvalue weighted by Crippen LogP contribution is 2.21. The molecule has 6 nitrogen and oxygen atoms in total. The quantitative estimate of drug-likeness (QED) is 0.744. The number of alkyl halides is 2. The molecule has 0 saturated heterocycles. The molecule has 2 aromatic heterocycles. The second kappa shape index (κ2) is 7.32. The Kier molecular flexibility index (Phi) is 4.72. The highest BCUT2D eigenvalue weighted by molar-refractivity contribution is 5.47. The van der Waals surface area contributed by atoms with E-state index in [1.54, 1.807) is 24.3 Å². The number of ether oxygens (including phenoxy) is 1. The first-order valence-electron chi connectivity index (χ1n) is 8.50. The molecule has 0 aliphatic carbocycles. The van der Waals surface area contributed by atoms with Crippen LogP contribution in [0.4, 0.5) is 8.78 Å². The molecule has 0 atom stereocenters. The SMILES string of the molecule is O=c1[nH]c(-c2ccco2)nc2c1CN(Cc1ccc(OC(F)F)cc1)CC2. The first-order chi connectivity index (χ1) is 13.1. The van der Waals surface area contributed by atoms with E-state index in [0.29, 0.717) is 36.7 Å². The smallest absolute Gasteiger partial charge is 0.387 e. The van der Waals surface area contributed by atoms with E-state index < -0.39 is 6.61 Å². The van der Waals surface area contributed by atoms with Crippen LogP contribution >= 0.6 is 0 Å². The van der Waals surface area contributed by atoms with Gasteiger partial charge in [0.15, 0.2) is 11.6 Å². The molecular formula is C19H17F2N3O3. The number of furan rings is 1. The van der Waals surface area contributed by atoms with Gasteiger partial charge in [-0.15, -0.1) is 0 Å². The number of hydrogen-bond donors (Lipinski definition) is 1. The van der Waals surface area contributed by atoms with Crippen molar-refractivity contribution in [2.45, 2.75) is 26.1 Å². The van der Waals surface area contributed by atoms with Gasteiger partial charge in [-0.1, -0.05) is 12.1 Å². The van der Waals surface area contributed by atoms with E-state index in [4.69, 9.17) is 4.42 Å². The molecule has 0 saturated carbocycles. The molecule has 27 heavy (non-hydrogen) atoms. The van der Waals surface area contributed by atoms with E-state index in [9.17, 15) is 13.6 Å². The van der Waals surface area contributed by atoms with Crippen molar-refractivity contribution in [2.24, 2.45) is 0 Å². The van der Waals surface area contributed by atoms with Gasteiger partial charge in [-0.25, -0.2) is 4.98 Å². The molecule has 1 aliphatic heterocycles. The molecule has 1 aliphatic rings. The van der Waals surface area contributed by atoms with E-state index in [1.807, 2.05) is 0 Å². The minimum absolute atomic E-state index is 0.129. The number of nitrogens with one attached hydrogen (secondary N) is 1. The lowest BCUT2D eigenvalue weighted by Gasteiger charge is -2.27. The standard InChI is InChI=1S/C19H17F2N3O3/c20-19(21)27-13-5-3-12(4-6-13)10-24-8-7-15-14(11-24)18(25)23-17(22-15)16-2-1-9-26-16/h1-6,9,19H,7-8,10-11H2,(H,22,23,25). The van der Waals surface area contributed by atoms with Crippen LogP contribution in [0.5, 0.6) is 5.75 Å². The maximum Gasteiger partial charge on any atom is 0.387 e. The van der Waals surface area contributed by atoms with E-state index in [0.717, 1.165) is 17.8 Å². The highest BCUT2D eigenvalue weighted by atomic mass is 19.3. The van der Waals surface area contributed by atoms with Gasteiger partial charge in [0, 0.05) is 26.1 Å². The van der Waals surface area contributed by atoms with Gasteiger partial charge in [0.1, 0.15) is 5.75 Å². The molecule has 0 spiro atoms. The van der Waals surface area contributed by atoms with E-state index in [-0.39, 0.29) is 11.3 Å². The van der Waals surface area contributed by atoms with Crippen LogP contribution in [0.3, 0.4) is 0 Å². The second-order valence-electron chi connectivity index (χ2n) is 6.30. The highest BCUT2D eigenvalue weighted by Gasteiger charge is 2.22. The Morgan fingerprint density at radius 3 is 2.78 bits per heavy atom.